The predicted molar refractivity (Wildman–Crippen MR) is 90.9 cm³/mol. The van der Waals surface area contributed by atoms with Crippen LogP contribution in [0.15, 0.2) is 0 Å². The lowest BCUT2D eigenvalue weighted by Crippen LogP contribution is -2.47. The maximum atomic E-state index is 12.4. The van der Waals surface area contributed by atoms with Crippen molar-refractivity contribution >= 4 is 17.7 Å². The number of thioether (sulfide) groups is 1. The molecule has 2 rings (SSSR count). The first-order chi connectivity index (χ1) is 10.2. The predicted octanol–water partition coefficient (Wildman–Crippen LogP) is 1.76. The van der Waals surface area contributed by atoms with Gasteiger partial charge in [0.15, 0.2) is 0 Å². The minimum Gasteiger partial charge on any atom is -0.342 e. The van der Waals surface area contributed by atoms with E-state index in [2.05, 4.69) is 23.0 Å². The smallest absolute Gasteiger partial charge is 0.223 e. The van der Waals surface area contributed by atoms with Crippen molar-refractivity contribution in [1.82, 2.24) is 14.7 Å². The summed E-state index contributed by atoms with van der Waals surface area (Å²) >= 11 is 1.93. The van der Waals surface area contributed by atoms with E-state index in [1.54, 1.807) is 0 Å². The van der Waals surface area contributed by atoms with Crippen LogP contribution < -0.4 is 0 Å². The van der Waals surface area contributed by atoms with Gasteiger partial charge in [-0.2, -0.15) is 11.8 Å². The van der Waals surface area contributed by atoms with E-state index in [9.17, 15) is 4.79 Å². The number of hydrogen-bond donors (Lipinski definition) is 0. The highest BCUT2D eigenvalue weighted by molar-refractivity contribution is 7.99. The number of rotatable bonds is 6. The van der Waals surface area contributed by atoms with Gasteiger partial charge in [0.25, 0.3) is 0 Å². The lowest BCUT2D eigenvalue weighted by Gasteiger charge is -2.34. The van der Waals surface area contributed by atoms with Gasteiger partial charge in [-0.25, -0.2) is 0 Å². The van der Waals surface area contributed by atoms with E-state index in [1.165, 1.54) is 19.3 Å². The van der Waals surface area contributed by atoms with Crippen LogP contribution in [-0.4, -0.2) is 84.5 Å². The maximum absolute atomic E-state index is 12.4. The molecule has 1 heterocycles. The lowest BCUT2D eigenvalue weighted by atomic mass is 10.2. The van der Waals surface area contributed by atoms with Crippen LogP contribution in [-0.2, 0) is 4.79 Å². The van der Waals surface area contributed by atoms with Gasteiger partial charge in [0.2, 0.25) is 5.91 Å². The topological polar surface area (TPSA) is 26.8 Å². The summed E-state index contributed by atoms with van der Waals surface area (Å²) in [6.45, 7) is 8.82. The van der Waals surface area contributed by atoms with Crippen LogP contribution in [0, 0.1) is 0 Å². The summed E-state index contributed by atoms with van der Waals surface area (Å²) in [6, 6.07) is 0.462. The highest BCUT2D eigenvalue weighted by Gasteiger charge is 2.32. The first kappa shape index (κ1) is 17.1. The van der Waals surface area contributed by atoms with Gasteiger partial charge in [-0.05, 0) is 25.6 Å². The monoisotopic (exact) mass is 313 g/mol. The van der Waals surface area contributed by atoms with Gasteiger partial charge in [-0.3, -0.25) is 4.79 Å². The quantitative estimate of drug-likeness (QED) is 0.746. The van der Waals surface area contributed by atoms with E-state index in [0.717, 1.165) is 39.3 Å². The average Bonchev–Trinajstić information content (AvgIpc) is 3.00. The molecule has 0 aromatic heterocycles. The van der Waals surface area contributed by atoms with Gasteiger partial charge in [0, 0.05) is 57.5 Å². The van der Waals surface area contributed by atoms with Crippen LogP contribution in [0.4, 0.5) is 0 Å². The van der Waals surface area contributed by atoms with Crippen molar-refractivity contribution in [3.63, 3.8) is 0 Å². The first-order valence-corrected chi connectivity index (χ1v) is 9.67. The molecule has 1 saturated heterocycles. The van der Waals surface area contributed by atoms with E-state index in [1.807, 2.05) is 23.7 Å². The maximum Gasteiger partial charge on any atom is 0.223 e. The number of hydrogen-bond acceptors (Lipinski definition) is 4. The minimum absolute atomic E-state index is 0.332. The van der Waals surface area contributed by atoms with Crippen LogP contribution in [0.3, 0.4) is 0 Å². The average molecular weight is 314 g/mol. The van der Waals surface area contributed by atoms with E-state index < -0.39 is 0 Å². The Balaban J connectivity index is 1.72. The Kier molecular flexibility index (Phi) is 6.83. The Labute approximate surface area is 134 Å². The molecule has 2 fully saturated rings. The molecule has 0 spiro atoms. The molecule has 1 aliphatic carbocycles. The Hall–Kier alpha value is -0.260. The Bertz CT molecular complexity index is 331. The highest BCUT2D eigenvalue weighted by atomic mass is 32.2. The summed E-state index contributed by atoms with van der Waals surface area (Å²) in [6.07, 6.45) is 6.58. The number of carbonyl (C=O) groups is 1. The molecular formula is C16H31N3OS. The normalized spacial score (nSPS) is 28.0. The zero-order valence-corrected chi connectivity index (χ0v) is 14.7. The molecule has 0 aromatic carbocycles. The molecular weight excluding hydrogens is 282 g/mol. The fourth-order valence-corrected chi connectivity index (χ4v) is 4.60. The fraction of sp³-hybridized carbons (Fsp3) is 0.938. The Morgan fingerprint density at radius 2 is 1.86 bits per heavy atom. The molecule has 122 valence electrons. The second-order valence-electron chi connectivity index (χ2n) is 6.30. The SMILES string of the molecule is CCN1CCN(CCC(=O)N(C)[C@@H]2CCC[C@@H]2SC)CC1. The molecule has 0 N–H and O–H groups in total. The molecule has 0 aromatic rings. The molecule has 0 bridgehead atoms. The van der Waals surface area contributed by atoms with Crippen LogP contribution in [0.2, 0.25) is 0 Å². The number of likely N-dealkylation sites (N-methyl/N-ethyl adjacent to an activating group) is 1. The second kappa shape index (κ2) is 8.39. The number of amides is 1. The van der Waals surface area contributed by atoms with E-state index in [-0.39, 0.29) is 0 Å². The molecule has 1 saturated carbocycles. The van der Waals surface area contributed by atoms with Gasteiger partial charge >= 0.3 is 0 Å². The minimum atomic E-state index is 0.332. The molecule has 21 heavy (non-hydrogen) atoms. The third-order valence-electron chi connectivity index (χ3n) is 5.17. The third kappa shape index (κ3) is 4.60. The molecule has 1 aliphatic heterocycles. The molecule has 2 atom stereocenters. The van der Waals surface area contributed by atoms with Gasteiger partial charge < -0.3 is 14.7 Å². The fourth-order valence-electron chi connectivity index (χ4n) is 3.57. The zero-order chi connectivity index (χ0) is 15.2. The molecule has 2 aliphatic rings. The first-order valence-electron chi connectivity index (χ1n) is 8.38. The second-order valence-corrected chi connectivity index (χ2v) is 7.38. The van der Waals surface area contributed by atoms with Crippen molar-refractivity contribution in [3.8, 4) is 0 Å². The van der Waals surface area contributed by atoms with E-state index >= 15 is 0 Å². The summed E-state index contributed by atoms with van der Waals surface area (Å²) in [5.41, 5.74) is 0. The summed E-state index contributed by atoms with van der Waals surface area (Å²) in [7, 11) is 2.01. The summed E-state index contributed by atoms with van der Waals surface area (Å²) < 4.78 is 0. The lowest BCUT2D eigenvalue weighted by molar-refractivity contribution is -0.132. The van der Waals surface area contributed by atoms with Crippen molar-refractivity contribution < 1.29 is 4.79 Å². The van der Waals surface area contributed by atoms with Gasteiger partial charge in [-0.15, -0.1) is 0 Å². The van der Waals surface area contributed by atoms with Crippen molar-refractivity contribution in [2.24, 2.45) is 0 Å². The summed E-state index contributed by atoms with van der Waals surface area (Å²) in [5, 5.41) is 0.645. The van der Waals surface area contributed by atoms with E-state index in [4.69, 9.17) is 0 Å². The molecule has 4 nitrogen and oxygen atoms in total. The molecule has 0 radical (unpaired) electrons. The van der Waals surface area contributed by atoms with Crippen molar-refractivity contribution in [2.75, 3.05) is 52.6 Å². The van der Waals surface area contributed by atoms with Crippen molar-refractivity contribution in [2.45, 2.75) is 43.9 Å². The standard InChI is InChI=1S/C16H31N3OS/c1-4-18-10-12-19(13-11-18)9-8-16(20)17(2)14-6-5-7-15(14)21-3/h14-15H,4-13H2,1-3H3/t14-,15+/m1/s1. The number of nitrogens with zero attached hydrogens (tertiary/aromatic N) is 3. The number of carbonyl (C=O) groups excluding carboxylic acids is 1. The largest absolute Gasteiger partial charge is 0.342 e. The molecule has 0 unspecified atom stereocenters. The van der Waals surface area contributed by atoms with Crippen LogP contribution >= 0.6 is 11.8 Å². The van der Waals surface area contributed by atoms with Crippen molar-refractivity contribution in [3.05, 3.63) is 0 Å². The van der Waals surface area contributed by atoms with Gasteiger partial charge in [-0.1, -0.05) is 13.3 Å². The Morgan fingerprint density at radius 1 is 1.19 bits per heavy atom. The summed E-state index contributed by atoms with van der Waals surface area (Å²) in [4.78, 5) is 19.4. The summed E-state index contributed by atoms with van der Waals surface area (Å²) in [5.74, 6) is 0.332. The van der Waals surface area contributed by atoms with E-state index in [0.29, 0.717) is 23.6 Å². The van der Waals surface area contributed by atoms with Gasteiger partial charge in [0.05, 0.1) is 0 Å². The molecule has 5 heteroatoms. The molecule has 1 amide bonds. The van der Waals surface area contributed by atoms with Crippen molar-refractivity contribution in [1.29, 1.82) is 0 Å². The van der Waals surface area contributed by atoms with Gasteiger partial charge in [0.1, 0.15) is 0 Å². The zero-order valence-electron chi connectivity index (χ0n) is 13.9. The van der Waals surface area contributed by atoms with Crippen LogP contribution in [0.5, 0.6) is 0 Å². The third-order valence-corrected chi connectivity index (χ3v) is 6.32. The van der Waals surface area contributed by atoms with Crippen LogP contribution in [0.1, 0.15) is 32.6 Å². The number of piperazine rings is 1. The van der Waals surface area contributed by atoms with Crippen LogP contribution in [0.25, 0.3) is 0 Å². The Morgan fingerprint density at radius 3 is 2.48 bits per heavy atom. The highest BCUT2D eigenvalue weighted by Crippen LogP contribution is 2.31.